The van der Waals surface area contributed by atoms with E-state index < -0.39 is 0 Å². The molecule has 3 aromatic heterocycles. The van der Waals surface area contributed by atoms with Crippen LogP contribution in [0.1, 0.15) is 58.6 Å². The van der Waals surface area contributed by atoms with E-state index in [0.29, 0.717) is 17.6 Å². The number of ether oxygens (including phenoxy) is 1. The minimum Gasteiger partial charge on any atom is -0.457 e. The van der Waals surface area contributed by atoms with Crippen LogP contribution in [-0.2, 0) is 6.42 Å². The molecule has 0 spiro atoms. The number of para-hydroxylation sites is 3. The molecule has 7 nitrogen and oxygen atoms in total. The molecule has 7 heteroatoms. The molecule has 0 amide bonds. The fourth-order valence-corrected chi connectivity index (χ4v) is 11.7. The largest absolute Gasteiger partial charge is 0.457 e. The molecule has 0 fully saturated rings. The third kappa shape index (κ3) is 6.76. The third-order valence-corrected chi connectivity index (χ3v) is 15.1. The van der Waals surface area contributed by atoms with Gasteiger partial charge in [-0.05, 0) is 101 Å². The molecule has 0 N–H and O–H groups in total. The lowest BCUT2D eigenvalue weighted by atomic mass is 9.86. The first kappa shape index (κ1) is 41.5. The number of allylic oxidation sites excluding steroid dienone is 5. The highest BCUT2D eigenvalue weighted by atomic mass is 16.5. The highest BCUT2D eigenvalue weighted by Gasteiger charge is 2.45. The van der Waals surface area contributed by atoms with Gasteiger partial charge in [0.15, 0.2) is 11.6 Å². The standard InChI is InChI=1S/C66H45N5O2/c1-3-14-43(15-4-1)57-39-34-44-28-31-47(40-60(44)72-57)41-32-35-48(36-33-41)70-55-22-10-7-18-50(55)52-37-38-53-51-19-8-11-23-56(51)71(63(53)62(52)70)66-68-64(45-16-5-2-6-17-45)67-65(69-66)46-29-26-42(27-30-46)49-21-13-25-59-61(49)54-20-9-12-24-58(54)73-59/h1,3-5,7-33,35-40,53,63H,2,6,34H2. The maximum Gasteiger partial charge on any atom is 0.234 e. The SMILES string of the molecule is C1=CC(c2nc(-c3ccc(-c4cccc5oc6ccccc6c45)cc3)nc(N3c4ccccc4C4C=Cc5c(n(-c6ccc(-c7ccc8c(c7)OC(c7ccccc7)=CC8)cc6)c6ccccc56)C43)n2)=CCC1. The number of anilines is 2. The average molecular weight is 940 g/mol. The highest BCUT2D eigenvalue weighted by Crippen LogP contribution is 2.57. The fourth-order valence-electron chi connectivity index (χ4n) is 11.7. The molecule has 0 saturated heterocycles. The van der Waals surface area contributed by atoms with Gasteiger partial charge < -0.3 is 18.6 Å². The van der Waals surface area contributed by atoms with Crippen molar-refractivity contribution >= 4 is 61.9 Å². The van der Waals surface area contributed by atoms with E-state index in [1.807, 2.05) is 24.3 Å². The van der Waals surface area contributed by atoms with Crippen molar-refractivity contribution in [2.45, 2.75) is 31.2 Å². The number of hydrogen-bond donors (Lipinski definition) is 0. The van der Waals surface area contributed by atoms with E-state index >= 15 is 0 Å². The van der Waals surface area contributed by atoms with Crippen LogP contribution in [0.5, 0.6) is 5.75 Å². The predicted octanol–water partition coefficient (Wildman–Crippen LogP) is 16.4. The first-order valence-electron chi connectivity index (χ1n) is 25.2. The Morgan fingerprint density at radius 1 is 0.548 bits per heavy atom. The topological polar surface area (TPSA) is 69.2 Å². The van der Waals surface area contributed by atoms with Crippen LogP contribution in [-0.4, -0.2) is 19.5 Å². The van der Waals surface area contributed by atoms with Crippen LogP contribution in [0.3, 0.4) is 0 Å². The molecule has 0 radical (unpaired) electrons. The van der Waals surface area contributed by atoms with E-state index in [1.54, 1.807) is 0 Å². The molecule has 5 heterocycles. The molecule has 8 aromatic carbocycles. The molecule has 2 aliphatic heterocycles. The number of fused-ring (bicyclic) bond motifs is 11. The lowest BCUT2D eigenvalue weighted by Crippen LogP contribution is -2.28. The van der Waals surface area contributed by atoms with Gasteiger partial charge in [-0.3, -0.25) is 0 Å². The van der Waals surface area contributed by atoms with Gasteiger partial charge in [0.25, 0.3) is 0 Å². The van der Waals surface area contributed by atoms with Crippen LogP contribution >= 0.6 is 0 Å². The lowest BCUT2D eigenvalue weighted by molar-refractivity contribution is 0.499. The second-order valence-corrected chi connectivity index (χ2v) is 19.3. The normalized spacial score (nSPS) is 16.5. The number of nitrogens with zero attached hydrogens (tertiary/aromatic N) is 5. The summed E-state index contributed by atoms with van der Waals surface area (Å²) < 4.78 is 15.3. The lowest BCUT2D eigenvalue weighted by Gasteiger charge is -2.32. The summed E-state index contributed by atoms with van der Waals surface area (Å²) in [6.07, 6.45) is 16.3. The van der Waals surface area contributed by atoms with Crippen LogP contribution in [0.15, 0.2) is 223 Å². The summed E-state index contributed by atoms with van der Waals surface area (Å²) in [5.74, 6) is 3.75. The van der Waals surface area contributed by atoms with Crippen LogP contribution in [0.2, 0.25) is 0 Å². The predicted molar refractivity (Wildman–Crippen MR) is 295 cm³/mol. The summed E-state index contributed by atoms with van der Waals surface area (Å²) in [5.41, 5.74) is 17.4. The van der Waals surface area contributed by atoms with Gasteiger partial charge in [-0.1, -0.05) is 176 Å². The summed E-state index contributed by atoms with van der Waals surface area (Å²) in [7, 11) is 0. The van der Waals surface area contributed by atoms with E-state index in [4.69, 9.17) is 24.1 Å². The quantitative estimate of drug-likeness (QED) is 0.159. The molecule has 0 bridgehead atoms. The van der Waals surface area contributed by atoms with Gasteiger partial charge in [0.1, 0.15) is 22.7 Å². The first-order chi connectivity index (χ1) is 36.2. The molecule has 4 aliphatic rings. The van der Waals surface area contributed by atoms with Crippen LogP contribution in [0.4, 0.5) is 11.6 Å². The third-order valence-electron chi connectivity index (χ3n) is 15.1. The van der Waals surface area contributed by atoms with Crippen LogP contribution in [0, 0.1) is 0 Å². The van der Waals surface area contributed by atoms with Gasteiger partial charge in [0, 0.05) is 55.7 Å². The van der Waals surface area contributed by atoms with Crippen LogP contribution in [0.25, 0.3) is 89.6 Å². The number of furan rings is 1. The van der Waals surface area contributed by atoms with E-state index in [-0.39, 0.29) is 12.0 Å². The van der Waals surface area contributed by atoms with Gasteiger partial charge >= 0.3 is 0 Å². The number of hydrogen-bond acceptors (Lipinski definition) is 6. The van der Waals surface area contributed by atoms with Gasteiger partial charge in [0.2, 0.25) is 5.95 Å². The van der Waals surface area contributed by atoms with Crippen molar-refractivity contribution in [1.82, 2.24) is 19.5 Å². The smallest absolute Gasteiger partial charge is 0.234 e. The molecule has 11 aromatic rings. The minimum atomic E-state index is -0.166. The maximum absolute atomic E-state index is 6.53. The molecule has 2 unspecified atom stereocenters. The molecule has 15 rings (SSSR count). The Bertz CT molecular complexity index is 4160. The van der Waals surface area contributed by atoms with Crippen molar-refractivity contribution in [2.75, 3.05) is 4.90 Å². The number of rotatable bonds is 7. The van der Waals surface area contributed by atoms with Gasteiger partial charge in [-0.2, -0.15) is 9.97 Å². The first-order valence-corrected chi connectivity index (χ1v) is 25.2. The van der Waals surface area contributed by atoms with E-state index in [1.165, 1.54) is 27.8 Å². The average Bonchev–Trinajstić information content (AvgIpc) is 4.14. The summed E-state index contributed by atoms with van der Waals surface area (Å²) in [6, 6.07) is 66.5. The van der Waals surface area contributed by atoms with Crippen molar-refractivity contribution in [3.63, 3.8) is 0 Å². The zero-order chi connectivity index (χ0) is 48.0. The van der Waals surface area contributed by atoms with E-state index in [2.05, 4.69) is 210 Å². The summed E-state index contributed by atoms with van der Waals surface area (Å²) >= 11 is 0. The van der Waals surface area contributed by atoms with Crippen LogP contribution < -0.4 is 9.64 Å². The van der Waals surface area contributed by atoms with Gasteiger partial charge in [-0.25, -0.2) is 4.98 Å². The Balaban J connectivity index is 0.845. The van der Waals surface area contributed by atoms with Crippen molar-refractivity contribution in [2.24, 2.45) is 0 Å². The Morgan fingerprint density at radius 3 is 2.18 bits per heavy atom. The van der Waals surface area contributed by atoms with Crippen molar-refractivity contribution in [3.8, 4) is 45.1 Å². The van der Waals surface area contributed by atoms with Crippen molar-refractivity contribution < 1.29 is 9.15 Å². The Labute approximate surface area is 422 Å². The van der Waals surface area contributed by atoms with E-state index in [9.17, 15) is 0 Å². The molecule has 346 valence electrons. The summed E-state index contributed by atoms with van der Waals surface area (Å²) in [5, 5.41) is 3.42. The number of aromatic nitrogens is 4. The Hall–Kier alpha value is -9.33. The molecular formula is C66H45N5O2. The van der Waals surface area contributed by atoms with Gasteiger partial charge in [-0.15, -0.1) is 0 Å². The minimum absolute atomic E-state index is 0.0369. The molecule has 2 aliphatic carbocycles. The van der Waals surface area contributed by atoms with E-state index in [0.717, 1.165) is 109 Å². The molecule has 0 saturated carbocycles. The monoisotopic (exact) mass is 939 g/mol. The van der Waals surface area contributed by atoms with Crippen molar-refractivity contribution in [1.29, 1.82) is 0 Å². The van der Waals surface area contributed by atoms with Gasteiger partial charge in [0.05, 0.1) is 17.3 Å². The fraction of sp³-hybridized carbons (Fsp3) is 0.0758. The zero-order valence-electron chi connectivity index (χ0n) is 39.7. The Morgan fingerprint density at radius 2 is 1.30 bits per heavy atom. The number of benzene rings is 8. The Kier molecular flexibility index (Phi) is 9.45. The summed E-state index contributed by atoms with van der Waals surface area (Å²) in [4.78, 5) is 18.5. The molecule has 2 atom stereocenters. The zero-order valence-corrected chi connectivity index (χ0v) is 39.7. The molecular weight excluding hydrogens is 895 g/mol. The summed E-state index contributed by atoms with van der Waals surface area (Å²) in [6.45, 7) is 0. The second-order valence-electron chi connectivity index (χ2n) is 19.3. The maximum atomic E-state index is 6.53. The van der Waals surface area contributed by atoms with Crippen molar-refractivity contribution in [3.05, 3.63) is 252 Å². The highest BCUT2D eigenvalue weighted by molar-refractivity contribution is 6.12. The second kappa shape index (κ2) is 16.6. The molecule has 73 heavy (non-hydrogen) atoms.